The number of anilines is 1. The van der Waals surface area contributed by atoms with Gasteiger partial charge in [0.2, 0.25) is 0 Å². The predicted molar refractivity (Wildman–Crippen MR) is 101 cm³/mol. The Balaban J connectivity index is 1.77. The average Bonchev–Trinajstić information content (AvgIpc) is 3.14. The fraction of sp³-hybridized carbons (Fsp3) is 0.136. The zero-order chi connectivity index (χ0) is 20.6. The zero-order valence-corrected chi connectivity index (χ0v) is 15.0. The molecule has 0 saturated carbocycles. The lowest BCUT2D eigenvalue weighted by atomic mass is 9.98. The van der Waals surface area contributed by atoms with E-state index < -0.39 is 29.4 Å². The summed E-state index contributed by atoms with van der Waals surface area (Å²) in [6, 6.07) is 16.0. The topological polar surface area (TPSA) is 15.6 Å². The number of nitrogens with zero attached hydrogens (tertiary/aromatic N) is 2. The minimum atomic E-state index is -4.48. The fourth-order valence-corrected chi connectivity index (χ4v) is 3.33. The maximum absolute atomic E-state index is 13.4. The maximum atomic E-state index is 13.4. The first-order valence-electron chi connectivity index (χ1n) is 8.86. The molecule has 0 radical (unpaired) electrons. The van der Waals surface area contributed by atoms with Crippen LogP contribution in [-0.4, -0.2) is 5.71 Å². The molecule has 0 unspecified atom stereocenters. The fourth-order valence-electron chi connectivity index (χ4n) is 3.33. The van der Waals surface area contributed by atoms with E-state index in [0.717, 1.165) is 12.1 Å². The Hall–Kier alpha value is -3.22. The lowest BCUT2D eigenvalue weighted by Crippen LogP contribution is -2.19. The third-order valence-electron chi connectivity index (χ3n) is 4.78. The third kappa shape index (κ3) is 3.99. The van der Waals surface area contributed by atoms with Crippen LogP contribution in [0.1, 0.15) is 29.2 Å². The van der Waals surface area contributed by atoms with Crippen molar-refractivity contribution in [3.05, 3.63) is 101 Å². The summed E-state index contributed by atoms with van der Waals surface area (Å²) >= 11 is 0. The molecule has 29 heavy (non-hydrogen) atoms. The molecule has 0 N–H and O–H groups in total. The number of hydrogen-bond acceptors (Lipinski definition) is 2. The van der Waals surface area contributed by atoms with Gasteiger partial charge in [-0.05, 0) is 53.6 Å². The standard InChI is InChI=1S/C22H15F5N2/c23-17-8-4-14(5-9-17)20-13-21(15-6-10-18(24)11-7-15)29(28-20)19-3-1-2-16(12-19)22(25,26)27/h1-12,21H,13H2/t21-/m0/s1. The van der Waals surface area contributed by atoms with Crippen molar-refractivity contribution in [3.63, 3.8) is 0 Å². The molecule has 2 nitrogen and oxygen atoms in total. The number of rotatable bonds is 3. The Bertz CT molecular complexity index is 1040. The number of benzene rings is 3. The van der Waals surface area contributed by atoms with Crippen LogP contribution in [0.25, 0.3) is 0 Å². The predicted octanol–water partition coefficient (Wildman–Crippen LogP) is 6.34. The first-order valence-corrected chi connectivity index (χ1v) is 8.86. The molecule has 0 aromatic heterocycles. The van der Waals surface area contributed by atoms with Crippen molar-refractivity contribution in [3.8, 4) is 0 Å². The van der Waals surface area contributed by atoms with E-state index >= 15 is 0 Å². The Morgan fingerprint density at radius 3 is 2.07 bits per heavy atom. The molecular weight excluding hydrogens is 387 g/mol. The Labute approximate surface area is 163 Å². The van der Waals surface area contributed by atoms with Gasteiger partial charge in [-0.2, -0.15) is 18.3 Å². The van der Waals surface area contributed by atoms with Crippen LogP contribution in [0, 0.1) is 11.6 Å². The Morgan fingerprint density at radius 1 is 0.828 bits per heavy atom. The SMILES string of the molecule is Fc1ccc(C2=NN(c3cccc(C(F)(F)F)c3)[C@H](c3ccc(F)cc3)C2)cc1. The van der Waals surface area contributed by atoms with Gasteiger partial charge in [-0.1, -0.05) is 30.3 Å². The zero-order valence-electron chi connectivity index (χ0n) is 15.0. The summed E-state index contributed by atoms with van der Waals surface area (Å²) in [5, 5.41) is 6.03. The molecular formula is C22H15F5N2. The van der Waals surface area contributed by atoms with Crippen LogP contribution in [-0.2, 0) is 6.18 Å². The van der Waals surface area contributed by atoms with Crippen molar-refractivity contribution in [1.82, 2.24) is 0 Å². The summed E-state index contributed by atoms with van der Waals surface area (Å²) in [4.78, 5) is 0. The summed E-state index contributed by atoms with van der Waals surface area (Å²) in [5.41, 5.74) is 1.49. The molecule has 1 atom stereocenters. The summed E-state index contributed by atoms with van der Waals surface area (Å²) in [6.07, 6.45) is -4.10. The van der Waals surface area contributed by atoms with Crippen molar-refractivity contribution in [2.45, 2.75) is 18.6 Å². The molecule has 1 heterocycles. The Kier molecular flexibility index (Phi) is 4.82. The molecule has 3 aromatic carbocycles. The summed E-state index contributed by atoms with van der Waals surface area (Å²) in [7, 11) is 0. The summed E-state index contributed by atoms with van der Waals surface area (Å²) in [6.45, 7) is 0. The molecule has 7 heteroatoms. The average molecular weight is 402 g/mol. The molecule has 0 spiro atoms. The lowest BCUT2D eigenvalue weighted by molar-refractivity contribution is -0.137. The second-order valence-corrected chi connectivity index (χ2v) is 6.72. The van der Waals surface area contributed by atoms with Gasteiger partial charge in [-0.3, -0.25) is 5.01 Å². The van der Waals surface area contributed by atoms with Crippen LogP contribution in [0.15, 0.2) is 77.9 Å². The number of hydrazone groups is 1. The molecule has 1 aliphatic heterocycles. The quantitative estimate of drug-likeness (QED) is 0.467. The smallest absolute Gasteiger partial charge is 0.257 e. The van der Waals surface area contributed by atoms with Gasteiger partial charge in [0.25, 0.3) is 0 Å². The number of hydrogen-bond donors (Lipinski definition) is 0. The second kappa shape index (κ2) is 7.31. The summed E-state index contributed by atoms with van der Waals surface area (Å²) < 4.78 is 66.1. The van der Waals surface area contributed by atoms with Crippen LogP contribution < -0.4 is 5.01 Å². The van der Waals surface area contributed by atoms with Gasteiger partial charge in [0, 0.05) is 6.42 Å². The first kappa shape index (κ1) is 19.1. The van der Waals surface area contributed by atoms with Gasteiger partial charge in [0.15, 0.2) is 0 Å². The van der Waals surface area contributed by atoms with Gasteiger partial charge in [-0.15, -0.1) is 0 Å². The highest BCUT2D eigenvalue weighted by atomic mass is 19.4. The summed E-state index contributed by atoms with van der Waals surface area (Å²) in [5.74, 6) is -0.797. The molecule has 3 aromatic rings. The molecule has 4 rings (SSSR count). The van der Waals surface area contributed by atoms with Gasteiger partial charge >= 0.3 is 6.18 Å². The first-order chi connectivity index (χ1) is 13.8. The molecule has 0 amide bonds. The van der Waals surface area contributed by atoms with Crippen molar-refractivity contribution in [2.75, 3.05) is 5.01 Å². The highest BCUT2D eigenvalue weighted by Gasteiger charge is 2.34. The van der Waals surface area contributed by atoms with E-state index in [-0.39, 0.29) is 5.69 Å². The minimum absolute atomic E-state index is 0.270. The maximum Gasteiger partial charge on any atom is 0.416 e. The number of alkyl halides is 3. The van der Waals surface area contributed by atoms with E-state index in [1.54, 1.807) is 30.3 Å². The molecule has 0 saturated heterocycles. The largest absolute Gasteiger partial charge is 0.416 e. The minimum Gasteiger partial charge on any atom is -0.257 e. The number of halogens is 5. The van der Waals surface area contributed by atoms with E-state index in [4.69, 9.17) is 0 Å². The van der Waals surface area contributed by atoms with Gasteiger partial charge in [0.1, 0.15) is 11.6 Å². The van der Waals surface area contributed by atoms with E-state index in [0.29, 0.717) is 23.3 Å². The Morgan fingerprint density at radius 2 is 1.45 bits per heavy atom. The molecule has 1 aliphatic rings. The van der Waals surface area contributed by atoms with Crippen LogP contribution in [0.5, 0.6) is 0 Å². The second-order valence-electron chi connectivity index (χ2n) is 6.72. The molecule has 148 valence electrons. The van der Waals surface area contributed by atoms with Crippen molar-refractivity contribution < 1.29 is 22.0 Å². The van der Waals surface area contributed by atoms with Crippen LogP contribution >= 0.6 is 0 Å². The van der Waals surface area contributed by atoms with Crippen molar-refractivity contribution in [1.29, 1.82) is 0 Å². The lowest BCUT2D eigenvalue weighted by Gasteiger charge is -2.24. The van der Waals surface area contributed by atoms with Crippen molar-refractivity contribution in [2.24, 2.45) is 5.10 Å². The molecule has 0 bridgehead atoms. The monoisotopic (exact) mass is 402 g/mol. The van der Waals surface area contributed by atoms with E-state index in [1.807, 2.05) is 0 Å². The van der Waals surface area contributed by atoms with Crippen LogP contribution in [0.2, 0.25) is 0 Å². The van der Waals surface area contributed by atoms with E-state index in [9.17, 15) is 22.0 Å². The highest BCUT2D eigenvalue weighted by Crippen LogP contribution is 2.39. The van der Waals surface area contributed by atoms with Gasteiger partial charge < -0.3 is 0 Å². The molecule has 0 aliphatic carbocycles. The van der Waals surface area contributed by atoms with Crippen molar-refractivity contribution >= 4 is 11.4 Å². The van der Waals surface area contributed by atoms with Crippen LogP contribution in [0.4, 0.5) is 27.6 Å². The van der Waals surface area contributed by atoms with E-state index in [1.165, 1.54) is 35.3 Å². The van der Waals surface area contributed by atoms with E-state index in [2.05, 4.69) is 5.10 Å². The van der Waals surface area contributed by atoms with Crippen LogP contribution in [0.3, 0.4) is 0 Å². The van der Waals surface area contributed by atoms with Gasteiger partial charge in [0.05, 0.1) is 23.0 Å². The highest BCUT2D eigenvalue weighted by molar-refractivity contribution is 6.03. The van der Waals surface area contributed by atoms with Gasteiger partial charge in [-0.25, -0.2) is 8.78 Å². The normalized spacial score (nSPS) is 16.8. The third-order valence-corrected chi connectivity index (χ3v) is 4.78. The molecule has 0 fully saturated rings.